The van der Waals surface area contributed by atoms with Crippen LogP contribution in [0.2, 0.25) is 0 Å². The third-order valence-corrected chi connectivity index (χ3v) is 5.89. The third kappa shape index (κ3) is 4.06. The topological polar surface area (TPSA) is 55.8 Å². The van der Waals surface area contributed by atoms with E-state index in [1.54, 1.807) is 12.0 Å². The van der Waals surface area contributed by atoms with Gasteiger partial charge in [-0.15, -0.1) is 0 Å². The molecule has 0 radical (unpaired) electrons. The molecule has 2 aliphatic carbocycles. The highest BCUT2D eigenvalue weighted by atomic mass is 16.5. The quantitative estimate of drug-likeness (QED) is 0.729. The summed E-state index contributed by atoms with van der Waals surface area (Å²) in [5.41, 5.74) is 0. The lowest BCUT2D eigenvalue weighted by atomic mass is 9.70. The number of hydrogen-bond donors (Lipinski definition) is 0. The summed E-state index contributed by atoms with van der Waals surface area (Å²) >= 11 is 0. The number of esters is 1. The van der Waals surface area contributed by atoms with Gasteiger partial charge in [0.05, 0.1) is 12.5 Å². The highest BCUT2D eigenvalue weighted by Crippen LogP contribution is 2.41. The molecule has 1 amide bonds. The molecule has 1 heterocycles. The molecule has 3 aliphatic rings. The highest BCUT2D eigenvalue weighted by molar-refractivity contribution is 5.86. The normalized spacial score (nSPS) is 34.3. The van der Waals surface area contributed by atoms with Gasteiger partial charge in [-0.25, -0.2) is 0 Å². The number of likely N-dealkylation sites (tertiary alicyclic amines) is 1. The second kappa shape index (κ2) is 7.65. The van der Waals surface area contributed by atoms with Crippen LogP contribution in [-0.4, -0.2) is 49.7 Å². The highest BCUT2D eigenvalue weighted by Gasteiger charge is 2.38. The molecule has 0 N–H and O–H groups in total. The van der Waals surface area contributed by atoms with Gasteiger partial charge in [0, 0.05) is 26.6 Å². The van der Waals surface area contributed by atoms with E-state index in [-0.39, 0.29) is 23.9 Å². The van der Waals surface area contributed by atoms with Gasteiger partial charge in [0.25, 0.3) is 0 Å². The summed E-state index contributed by atoms with van der Waals surface area (Å²) in [7, 11) is 1.62. The number of hydrogen-bond acceptors (Lipinski definition) is 4. The maximum Gasteiger partial charge on any atom is 0.311 e. The molecule has 130 valence electrons. The number of rotatable bonds is 5. The molecule has 4 atom stereocenters. The second-order valence-electron chi connectivity index (χ2n) is 7.41. The second-order valence-corrected chi connectivity index (χ2v) is 7.41. The molecule has 1 aliphatic heterocycles. The average molecular weight is 323 g/mol. The van der Waals surface area contributed by atoms with E-state index < -0.39 is 0 Å². The van der Waals surface area contributed by atoms with Crippen LogP contribution < -0.4 is 0 Å². The van der Waals surface area contributed by atoms with Gasteiger partial charge >= 0.3 is 5.97 Å². The van der Waals surface area contributed by atoms with Crippen molar-refractivity contribution in [2.75, 3.05) is 26.8 Å². The molecule has 0 unspecified atom stereocenters. The minimum Gasteiger partial charge on any atom is -0.462 e. The Morgan fingerprint density at radius 2 is 1.96 bits per heavy atom. The summed E-state index contributed by atoms with van der Waals surface area (Å²) in [4.78, 5) is 26.1. The number of nitrogens with zero attached hydrogens (tertiary/aromatic N) is 1. The van der Waals surface area contributed by atoms with Gasteiger partial charge in [0.1, 0.15) is 6.10 Å². The van der Waals surface area contributed by atoms with E-state index in [4.69, 9.17) is 9.47 Å². The van der Waals surface area contributed by atoms with Crippen LogP contribution in [0.5, 0.6) is 0 Å². The van der Waals surface area contributed by atoms with E-state index >= 15 is 0 Å². The molecule has 1 saturated heterocycles. The van der Waals surface area contributed by atoms with Crippen molar-refractivity contribution in [2.45, 2.75) is 57.5 Å². The summed E-state index contributed by atoms with van der Waals surface area (Å²) < 4.78 is 10.8. The molecule has 2 saturated carbocycles. The Bertz CT molecular complexity index is 439. The van der Waals surface area contributed by atoms with Crippen LogP contribution in [0.4, 0.5) is 0 Å². The van der Waals surface area contributed by atoms with Crippen molar-refractivity contribution in [2.24, 2.45) is 17.8 Å². The molecule has 23 heavy (non-hydrogen) atoms. The Kier molecular flexibility index (Phi) is 5.57. The summed E-state index contributed by atoms with van der Waals surface area (Å²) in [5.74, 6) is 1.19. The molecule has 5 nitrogen and oxygen atoms in total. The zero-order chi connectivity index (χ0) is 16.2. The van der Waals surface area contributed by atoms with Crippen molar-refractivity contribution in [1.29, 1.82) is 0 Å². The smallest absolute Gasteiger partial charge is 0.311 e. The predicted octanol–water partition coefficient (Wildman–Crippen LogP) is 2.38. The fourth-order valence-corrected chi connectivity index (χ4v) is 4.55. The van der Waals surface area contributed by atoms with Gasteiger partial charge in [-0.3, -0.25) is 9.59 Å². The number of amides is 1. The largest absolute Gasteiger partial charge is 0.462 e. The van der Waals surface area contributed by atoms with Crippen LogP contribution >= 0.6 is 0 Å². The minimum absolute atomic E-state index is 0.0417. The summed E-state index contributed by atoms with van der Waals surface area (Å²) in [6, 6.07) is 0. The standard InChI is InChI=1S/C18H29NO4/c1-22-9-8-19-12-15(11-17(19)20)18(21)23-16-7-6-13-4-2-3-5-14(13)10-16/h13-16H,2-12H2,1H3/t13-,14+,15-,16-/m1/s1. The first-order valence-electron chi connectivity index (χ1n) is 9.14. The number of fused-ring (bicyclic) bond motifs is 1. The van der Waals surface area contributed by atoms with E-state index in [1.807, 2.05) is 0 Å². The number of methoxy groups -OCH3 is 1. The average Bonchev–Trinajstić information content (AvgIpc) is 2.94. The minimum atomic E-state index is -0.288. The van der Waals surface area contributed by atoms with Gasteiger partial charge in [0.15, 0.2) is 0 Å². The van der Waals surface area contributed by atoms with Crippen LogP contribution in [-0.2, 0) is 19.1 Å². The molecule has 0 aromatic heterocycles. The van der Waals surface area contributed by atoms with Gasteiger partial charge < -0.3 is 14.4 Å². The number of carbonyl (C=O) groups excluding carboxylic acids is 2. The van der Waals surface area contributed by atoms with Crippen molar-refractivity contribution in [3.8, 4) is 0 Å². The van der Waals surface area contributed by atoms with Crippen molar-refractivity contribution < 1.29 is 19.1 Å². The summed E-state index contributed by atoms with van der Waals surface area (Å²) in [6.45, 7) is 1.56. The zero-order valence-corrected chi connectivity index (χ0v) is 14.2. The first-order chi connectivity index (χ1) is 11.2. The SMILES string of the molecule is COCCN1C[C@H](C(=O)O[C@@H]2CC[C@H]3CCCC[C@H]3C2)CC1=O. The molecule has 0 bridgehead atoms. The molecular formula is C18H29NO4. The molecule has 3 fully saturated rings. The molecule has 0 aromatic rings. The lowest BCUT2D eigenvalue weighted by molar-refractivity contribution is -0.157. The van der Waals surface area contributed by atoms with Crippen molar-refractivity contribution >= 4 is 11.9 Å². The van der Waals surface area contributed by atoms with Crippen LogP contribution in [0.15, 0.2) is 0 Å². The van der Waals surface area contributed by atoms with E-state index in [0.717, 1.165) is 24.7 Å². The van der Waals surface area contributed by atoms with Crippen molar-refractivity contribution in [3.63, 3.8) is 0 Å². The Hall–Kier alpha value is -1.10. The Balaban J connectivity index is 1.47. The maximum atomic E-state index is 12.4. The van der Waals surface area contributed by atoms with Gasteiger partial charge in [-0.05, 0) is 31.1 Å². The van der Waals surface area contributed by atoms with E-state index in [9.17, 15) is 9.59 Å². The van der Waals surface area contributed by atoms with Gasteiger partial charge in [-0.2, -0.15) is 0 Å². The van der Waals surface area contributed by atoms with Crippen LogP contribution in [0, 0.1) is 17.8 Å². The fraction of sp³-hybridized carbons (Fsp3) is 0.889. The van der Waals surface area contributed by atoms with Crippen molar-refractivity contribution in [3.05, 3.63) is 0 Å². The predicted molar refractivity (Wildman–Crippen MR) is 85.7 cm³/mol. The first kappa shape index (κ1) is 16.7. The third-order valence-electron chi connectivity index (χ3n) is 5.89. The number of ether oxygens (including phenoxy) is 2. The van der Waals surface area contributed by atoms with E-state index in [1.165, 1.54) is 32.1 Å². The molecule has 0 aromatic carbocycles. The molecular weight excluding hydrogens is 294 g/mol. The lowest BCUT2D eigenvalue weighted by Gasteiger charge is -2.39. The van der Waals surface area contributed by atoms with Crippen molar-refractivity contribution in [1.82, 2.24) is 4.90 Å². The maximum absolute atomic E-state index is 12.4. The van der Waals surface area contributed by atoms with Gasteiger partial charge in [-0.1, -0.05) is 25.7 Å². The zero-order valence-electron chi connectivity index (χ0n) is 14.2. The number of carbonyl (C=O) groups is 2. The van der Waals surface area contributed by atoms with E-state index in [0.29, 0.717) is 26.1 Å². The van der Waals surface area contributed by atoms with Gasteiger partial charge in [0.2, 0.25) is 5.91 Å². The Morgan fingerprint density at radius 3 is 2.74 bits per heavy atom. The monoisotopic (exact) mass is 323 g/mol. The van der Waals surface area contributed by atoms with Crippen LogP contribution in [0.1, 0.15) is 51.4 Å². The Labute approximate surface area is 138 Å². The Morgan fingerprint density at radius 1 is 1.17 bits per heavy atom. The summed E-state index contributed by atoms with van der Waals surface area (Å²) in [5, 5.41) is 0. The lowest BCUT2D eigenvalue weighted by Crippen LogP contribution is -2.35. The van der Waals surface area contributed by atoms with E-state index in [2.05, 4.69) is 0 Å². The molecule has 0 spiro atoms. The molecule has 3 rings (SSSR count). The fourth-order valence-electron chi connectivity index (χ4n) is 4.55. The first-order valence-corrected chi connectivity index (χ1v) is 9.14. The van der Waals surface area contributed by atoms with Crippen LogP contribution in [0.3, 0.4) is 0 Å². The molecule has 5 heteroatoms. The van der Waals surface area contributed by atoms with Crippen LogP contribution in [0.25, 0.3) is 0 Å². The summed E-state index contributed by atoms with van der Waals surface area (Å²) in [6.07, 6.45) is 8.95.